The third-order valence-electron chi connectivity index (χ3n) is 1.25. The highest BCUT2D eigenvalue weighted by Gasteiger charge is 2.03. The van der Waals surface area contributed by atoms with Crippen molar-refractivity contribution in [2.24, 2.45) is 5.73 Å². The standard InChI is InChI=1S/C6H9N5/c1-9-6-4(5(7)8)2-3-10-11-6/h2-3H,1H3,(H3,7,8)(H,9,11). The molecule has 0 spiro atoms. The summed E-state index contributed by atoms with van der Waals surface area (Å²) in [5.41, 5.74) is 5.84. The lowest BCUT2D eigenvalue weighted by molar-refractivity contribution is 1.02. The topological polar surface area (TPSA) is 87.7 Å². The van der Waals surface area contributed by atoms with Crippen molar-refractivity contribution in [3.05, 3.63) is 17.8 Å². The zero-order valence-electron chi connectivity index (χ0n) is 6.13. The molecular formula is C6H9N5. The molecule has 0 saturated carbocycles. The Morgan fingerprint density at radius 2 is 2.45 bits per heavy atom. The number of anilines is 1. The number of aromatic nitrogens is 2. The zero-order chi connectivity index (χ0) is 8.27. The molecule has 1 rings (SSSR count). The molecule has 11 heavy (non-hydrogen) atoms. The van der Waals surface area contributed by atoms with Gasteiger partial charge in [-0.1, -0.05) is 0 Å². The number of nitrogens with one attached hydrogen (secondary N) is 2. The fourth-order valence-electron chi connectivity index (χ4n) is 0.734. The number of nitrogens with zero attached hydrogens (tertiary/aromatic N) is 2. The van der Waals surface area contributed by atoms with E-state index in [9.17, 15) is 0 Å². The van der Waals surface area contributed by atoms with E-state index in [1.54, 1.807) is 13.1 Å². The molecule has 0 radical (unpaired) electrons. The van der Waals surface area contributed by atoms with E-state index in [0.717, 1.165) is 0 Å². The van der Waals surface area contributed by atoms with Gasteiger partial charge >= 0.3 is 0 Å². The molecule has 0 atom stereocenters. The molecule has 0 amide bonds. The predicted molar refractivity (Wildman–Crippen MR) is 42.6 cm³/mol. The van der Waals surface area contributed by atoms with E-state index in [0.29, 0.717) is 11.4 Å². The van der Waals surface area contributed by atoms with Gasteiger partial charge in [0.25, 0.3) is 0 Å². The molecule has 0 saturated heterocycles. The fraction of sp³-hybridized carbons (Fsp3) is 0.167. The summed E-state index contributed by atoms with van der Waals surface area (Å²) in [5.74, 6) is 0.518. The summed E-state index contributed by atoms with van der Waals surface area (Å²) in [6, 6.07) is 1.64. The summed E-state index contributed by atoms with van der Waals surface area (Å²) in [6.45, 7) is 0. The van der Waals surface area contributed by atoms with Gasteiger partial charge in [-0.05, 0) is 6.07 Å². The Kier molecular flexibility index (Phi) is 2.00. The van der Waals surface area contributed by atoms with Gasteiger partial charge in [0.1, 0.15) is 5.84 Å². The monoisotopic (exact) mass is 151 g/mol. The number of hydrogen-bond acceptors (Lipinski definition) is 4. The highest BCUT2D eigenvalue weighted by molar-refractivity contribution is 5.99. The Bertz CT molecular complexity index is 269. The minimum absolute atomic E-state index is 0.00995. The van der Waals surface area contributed by atoms with Gasteiger partial charge in [0.05, 0.1) is 11.8 Å². The highest BCUT2D eigenvalue weighted by atomic mass is 15.2. The second-order valence-electron chi connectivity index (χ2n) is 1.96. The molecule has 5 heteroatoms. The van der Waals surface area contributed by atoms with Crippen molar-refractivity contribution in [1.29, 1.82) is 5.41 Å². The number of hydrogen-bond donors (Lipinski definition) is 3. The van der Waals surface area contributed by atoms with Crippen LogP contribution < -0.4 is 11.1 Å². The smallest absolute Gasteiger partial charge is 0.159 e. The third kappa shape index (κ3) is 1.43. The summed E-state index contributed by atoms with van der Waals surface area (Å²) < 4.78 is 0. The average Bonchev–Trinajstić information content (AvgIpc) is 2.04. The maximum Gasteiger partial charge on any atom is 0.159 e. The van der Waals surface area contributed by atoms with Gasteiger partial charge in [-0.15, -0.1) is 5.10 Å². The van der Waals surface area contributed by atoms with Crippen molar-refractivity contribution in [1.82, 2.24) is 10.2 Å². The average molecular weight is 151 g/mol. The van der Waals surface area contributed by atoms with Crippen LogP contribution in [0.5, 0.6) is 0 Å². The first-order valence-corrected chi connectivity index (χ1v) is 3.09. The minimum atomic E-state index is -0.00995. The molecule has 0 aliphatic carbocycles. The van der Waals surface area contributed by atoms with Gasteiger partial charge in [0.15, 0.2) is 5.82 Å². The molecular weight excluding hydrogens is 142 g/mol. The van der Waals surface area contributed by atoms with E-state index < -0.39 is 0 Å². The number of nitrogens with two attached hydrogens (primary N) is 1. The van der Waals surface area contributed by atoms with Crippen LogP contribution in [0.4, 0.5) is 5.82 Å². The Balaban J connectivity index is 3.12. The van der Waals surface area contributed by atoms with Crippen LogP contribution in [0.1, 0.15) is 5.56 Å². The van der Waals surface area contributed by atoms with Crippen molar-refractivity contribution in [2.75, 3.05) is 12.4 Å². The van der Waals surface area contributed by atoms with Crippen molar-refractivity contribution >= 4 is 11.7 Å². The van der Waals surface area contributed by atoms with E-state index in [1.165, 1.54) is 6.20 Å². The lowest BCUT2D eigenvalue weighted by atomic mass is 10.2. The lowest BCUT2D eigenvalue weighted by Crippen LogP contribution is -2.14. The Morgan fingerprint density at radius 1 is 1.73 bits per heavy atom. The molecule has 5 nitrogen and oxygen atoms in total. The first-order valence-electron chi connectivity index (χ1n) is 3.09. The lowest BCUT2D eigenvalue weighted by Gasteiger charge is -2.02. The fourth-order valence-corrected chi connectivity index (χ4v) is 0.734. The Labute approximate surface area is 64.1 Å². The van der Waals surface area contributed by atoms with Gasteiger partial charge in [0, 0.05) is 7.05 Å². The number of amidine groups is 1. The molecule has 1 heterocycles. The second kappa shape index (κ2) is 2.96. The zero-order valence-corrected chi connectivity index (χ0v) is 6.13. The van der Waals surface area contributed by atoms with Crippen LogP contribution in [0, 0.1) is 5.41 Å². The molecule has 0 unspecified atom stereocenters. The van der Waals surface area contributed by atoms with Crippen LogP contribution in [0.15, 0.2) is 12.3 Å². The van der Waals surface area contributed by atoms with Gasteiger partial charge in [-0.25, -0.2) is 0 Å². The van der Waals surface area contributed by atoms with Crippen LogP contribution in [-0.4, -0.2) is 23.1 Å². The van der Waals surface area contributed by atoms with Gasteiger partial charge < -0.3 is 11.1 Å². The van der Waals surface area contributed by atoms with E-state index in [-0.39, 0.29) is 5.84 Å². The normalized spacial score (nSPS) is 9.18. The molecule has 0 aliphatic heterocycles. The molecule has 0 aromatic carbocycles. The predicted octanol–water partition coefficient (Wildman–Crippen LogP) is -0.198. The Morgan fingerprint density at radius 3 is 2.91 bits per heavy atom. The van der Waals surface area contributed by atoms with Crippen molar-refractivity contribution < 1.29 is 0 Å². The van der Waals surface area contributed by atoms with E-state index in [2.05, 4.69) is 15.5 Å². The highest BCUT2D eigenvalue weighted by Crippen LogP contribution is 2.06. The third-order valence-corrected chi connectivity index (χ3v) is 1.25. The van der Waals surface area contributed by atoms with E-state index in [1.807, 2.05) is 0 Å². The van der Waals surface area contributed by atoms with Crippen molar-refractivity contribution in [3.63, 3.8) is 0 Å². The van der Waals surface area contributed by atoms with Crippen LogP contribution in [0.3, 0.4) is 0 Å². The number of rotatable bonds is 2. The molecule has 4 N–H and O–H groups in total. The Hall–Kier alpha value is -1.65. The summed E-state index contributed by atoms with van der Waals surface area (Å²) in [7, 11) is 1.70. The van der Waals surface area contributed by atoms with Crippen LogP contribution in [0.25, 0.3) is 0 Å². The van der Waals surface area contributed by atoms with Gasteiger partial charge in [-0.3, -0.25) is 5.41 Å². The first-order chi connectivity index (χ1) is 5.25. The molecule has 0 aliphatic rings. The summed E-state index contributed by atoms with van der Waals surface area (Å²) in [4.78, 5) is 0. The van der Waals surface area contributed by atoms with Gasteiger partial charge in [-0.2, -0.15) is 5.10 Å². The number of nitrogen functional groups attached to an aromatic ring is 1. The molecule has 58 valence electrons. The largest absolute Gasteiger partial charge is 0.384 e. The minimum Gasteiger partial charge on any atom is -0.384 e. The maximum atomic E-state index is 7.15. The van der Waals surface area contributed by atoms with Crippen LogP contribution in [0.2, 0.25) is 0 Å². The molecule has 1 aromatic rings. The summed E-state index contributed by atoms with van der Waals surface area (Å²) in [5, 5.41) is 17.3. The SMILES string of the molecule is CNc1nnccc1C(=N)N. The van der Waals surface area contributed by atoms with Crippen LogP contribution in [-0.2, 0) is 0 Å². The quantitative estimate of drug-likeness (QED) is 0.403. The second-order valence-corrected chi connectivity index (χ2v) is 1.96. The molecule has 1 aromatic heterocycles. The van der Waals surface area contributed by atoms with Crippen LogP contribution >= 0.6 is 0 Å². The molecule has 0 fully saturated rings. The first kappa shape index (κ1) is 7.46. The van der Waals surface area contributed by atoms with Crippen molar-refractivity contribution in [2.45, 2.75) is 0 Å². The maximum absolute atomic E-state index is 7.15. The van der Waals surface area contributed by atoms with Crippen molar-refractivity contribution in [3.8, 4) is 0 Å². The summed E-state index contributed by atoms with van der Waals surface area (Å²) >= 11 is 0. The van der Waals surface area contributed by atoms with E-state index in [4.69, 9.17) is 11.1 Å². The van der Waals surface area contributed by atoms with Gasteiger partial charge in [0.2, 0.25) is 0 Å². The molecule has 0 bridgehead atoms. The van der Waals surface area contributed by atoms with E-state index >= 15 is 0 Å². The summed E-state index contributed by atoms with van der Waals surface area (Å²) in [6.07, 6.45) is 1.50.